The molecule has 126 valence electrons. The summed E-state index contributed by atoms with van der Waals surface area (Å²) in [5.74, 6) is 1.82. The minimum atomic E-state index is 0.214. The minimum Gasteiger partial charge on any atom is -0.489 e. The van der Waals surface area contributed by atoms with Crippen molar-refractivity contribution in [3.63, 3.8) is 0 Å². The van der Waals surface area contributed by atoms with Crippen LogP contribution in [0.4, 0.5) is 0 Å². The van der Waals surface area contributed by atoms with Gasteiger partial charge in [-0.3, -0.25) is 0 Å². The van der Waals surface area contributed by atoms with E-state index in [0.717, 1.165) is 24.5 Å². The first kappa shape index (κ1) is 15.5. The van der Waals surface area contributed by atoms with Gasteiger partial charge >= 0.3 is 0 Å². The van der Waals surface area contributed by atoms with Crippen molar-refractivity contribution < 1.29 is 9.47 Å². The fourth-order valence-electron chi connectivity index (χ4n) is 3.71. The molecule has 1 saturated heterocycles. The van der Waals surface area contributed by atoms with E-state index in [0.29, 0.717) is 12.6 Å². The van der Waals surface area contributed by atoms with E-state index in [1.807, 2.05) is 18.2 Å². The number of nitrogens with one attached hydrogen (secondary N) is 1. The highest BCUT2D eigenvalue weighted by molar-refractivity contribution is 5.52. The Balaban J connectivity index is 1.59. The lowest BCUT2D eigenvalue weighted by molar-refractivity contribution is 0.276. The molecule has 0 spiro atoms. The van der Waals surface area contributed by atoms with Crippen LogP contribution in [-0.4, -0.2) is 12.1 Å². The van der Waals surface area contributed by atoms with Crippen LogP contribution in [0.15, 0.2) is 42.5 Å². The maximum atomic E-state index is 6.13. The molecule has 4 rings (SSSR count). The Bertz CT molecular complexity index is 724. The molecule has 1 atom stereocenters. The van der Waals surface area contributed by atoms with Gasteiger partial charge in [-0.05, 0) is 43.9 Å². The Morgan fingerprint density at radius 1 is 1.21 bits per heavy atom. The lowest BCUT2D eigenvalue weighted by Crippen LogP contribution is -2.33. The van der Waals surface area contributed by atoms with E-state index in [1.165, 1.54) is 29.5 Å². The van der Waals surface area contributed by atoms with Crippen LogP contribution in [0.25, 0.3) is 0 Å². The fraction of sp³-hybridized carbons (Fsp3) is 0.429. The summed E-state index contributed by atoms with van der Waals surface area (Å²) in [6, 6.07) is 15.2. The van der Waals surface area contributed by atoms with Gasteiger partial charge in [0.25, 0.3) is 0 Å². The smallest absolute Gasteiger partial charge is 0.164 e. The summed E-state index contributed by atoms with van der Waals surface area (Å²) in [5.41, 5.74) is 4.00. The van der Waals surface area contributed by atoms with Crippen molar-refractivity contribution in [1.29, 1.82) is 0 Å². The molecule has 0 aliphatic carbocycles. The average Bonchev–Trinajstić information content (AvgIpc) is 3.19. The zero-order valence-electron chi connectivity index (χ0n) is 14.5. The summed E-state index contributed by atoms with van der Waals surface area (Å²) in [6.07, 6.45) is 3.34. The quantitative estimate of drug-likeness (QED) is 0.904. The minimum absolute atomic E-state index is 0.214. The molecule has 2 aliphatic heterocycles. The van der Waals surface area contributed by atoms with E-state index >= 15 is 0 Å². The van der Waals surface area contributed by atoms with Gasteiger partial charge in [0.05, 0.1) is 6.61 Å². The van der Waals surface area contributed by atoms with Gasteiger partial charge < -0.3 is 14.8 Å². The molecule has 0 saturated carbocycles. The van der Waals surface area contributed by atoms with Gasteiger partial charge in [0.2, 0.25) is 0 Å². The van der Waals surface area contributed by atoms with Crippen LogP contribution < -0.4 is 14.8 Å². The number of fused-ring (bicyclic) bond motifs is 1. The molecule has 1 fully saturated rings. The van der Waals surface area contributed by atoms with Crippen LogP contribution in [0, 0.1) is 0 Å². The predicted octanol–water partition coefficient (Wildman–Crippen LogP) is 4.40. The number of hydrogen-bond donors (Lipinski definition) is 1. The Kier molecular flexibility index (Phi) is 3.97. The second kappa shape index (κ2) is 6.14. The number of rotatable bonds is 4. The topological polar surface area (TPSA) is 30.5 Å². The van der Waals surface area contributed by atoms with Crippen LogP contribution in [0.5, 0.6) is 11.5 Å². The van der Waals surface area contributed by atoms with Crippen molar-refractivity contribution in [2.24, 2.45) is 0 Å². The third-order valence-corrected chi connectivity index (χ3v) is 5.03. The molecular formula is C21H25NO2. The summed E-state index contributed by atoms with van der Waals surface area (Å²) >= 11 is 0. The normalized spacial score (nSPS) is 21.3. The summed E-state index contributed by atoms with van der Waals surface area (Å²) in [7, 11) is 0. The van der Waals surface area contributed by atoms with Gasteiger partial charge in [-0.1, -0.05) is 36.4 Å². The molecule has 2 heterocycles. The van der Waals surface area contributed by atoms with Crippen LogP contribution in [0.1, 0.15) is 49.4 Å². The third-order valence-electron chi connectivity index (χ3n) is 5.03. The molecule has 3 heteroatoms. The predicted molar refractivity (Wildman–Crippen MR) is 95.6 cm³/mol. The zero-order chi connectivity index (χ0) is 16.6. The molecule has 2 aromatic carbocycles. The molecular weight excluding hydrogens is 298 g/mol. The second-order valence-corrected chi connectivity index (χ2v) is 7.50. The van der Waals surface area contributed by atoms with E-state index in [-0.39, 0.29) is 5.54 Å². The molecule has 2 aliphatic rings. The van der Waals surface area contributed by atoms with Crippen LogP contribution >= 0.6 is 0 Å². The highest BCUT2D eigenvalue weighted by atomic mass is 16.5. The molecule has 0 bridgehead atoms. The first-order valence-corrected chi connectivity index (χ1v) is 8.85. The fourth-order valence-corrected chi connectivity index (χ4v) is 3.71. The van der Waals surface area contributed by atoms with Crippen molar-refractivity contribution >= 4 is 0 Å². The maximum Gasteiger partial charge on any atom is 0.164 e. The Labute approximate surface area is 144 Å². The number of benzene rings is 2. The van der Waals surface area contributed by atoms with Crippen molar-refractivity contribution in [3.05, 3.63) is 59.2 Å². The Hall–Kier alpha value is -2.00. The summed E-state index contributed by atoms with van der Waals surface area (Å²) in [4.78, 5) is 0. The maximum absolute atomic E-state index is 6.13. The van der Waals surface area contributed by atoms with Gasteiger partial charge in [0.1, 0.15) is 6.61 Å². The van der Waals surface area contributed by atoms with Crippen molar-refractivity contribution in [3.8, 4) is 11.5 Å². The second-order valence-electron chi connectivity index (χ2n) is 7.50. The summed E-state index contributed by atoms with van der Waals surface area (Å²) < 4.78 is 12.0. The van der Waals surface area contributed by atoms with Gasteiger partial charge in [0.15, 0.2) is 11.5 Å². The summed E-state index contributed by atoms with van der Waals surface area (Å²) in [6.45, 7) is 5.88. The monoisotopic (exact) mass is 323 g/mol. The van der Waals surface area contributed by atoms with E-state index in [9.17, 15) is 0 Å². The van der Waals surface area contributed by atoms with Crippen LogP contribution in [0.3, 0.4) is 0 Å². The molecule has 3 nitrogen and oxygen atoms in total. The first-order chi connectivity index (χ1) is 11.6. The molecule has 2 aromatic rings. The molecule has 1 N–H and O–H groups in total. The molecule has 0 radical (unpaired) electrons. The molecule has 0 aromatic heterocycles. The van der Waals surface area contributed by atoms with Crippen molar-refractivity contribution in [2.45, 2.75) is 51.3 Å². The van der Waals surface area contributed by atoms with Crippen molar-refractivity contribution in [2.75, 3.05) is 6.61 Å². The Morgan fingerprint density at radius 2 is 2.04 bits per heavy atom. The molecule has 1 unspecified atom stereocenters. The van der Waals surface area contributed by atoms with E-state index in [1.54, 1.807) is 0 Å². The molecule has 0 amide bonds. The lowest BCUT2D eigenvalue weighted by Gasteiger charge is -2.21. The average molecular weight is 323 g/mol. The van der Waals surface area contributed by atoms with E-state index < -0.39 is 0 Å². The van der Waals surface area contributed by atoms with Crippen molar-refractivity contribution in [1.82, 2.24) is 5.32 Å². The van der Waals surface area contributed by atoms with Gasteiger partial charge in [-0.25, -0.2) is 0 Å². The highest BCUT2D eigenvalue weighted by Gasteiger charge is 2.32. The van der Waals surface area contributed by atoms with Crippen LogP contribution in [-0.2, 0) is 13.0 Å². The first-order valence-electron chi connectivity index (χ1n) is 8.85. The largest absolute Gasteiger partial charge is 0.489 e. The number of hydrogen-bond acceptors (Lipinski definition) is 3. The standard InChI is InChI=1S/C21H25NO2/c1-21(2)10-8-18(22-21)17-12-16-9-11-23-20(16)19(13-17)24-14-15-6-4-3-5-7-15/h3-7,12-13,18,22H,8-11,14H2,1-2H3. The highest BCUT2D eigenvalue weighted by Crippen LogP contribution is 2.41. The van der Waals surface area contributed by atoms with Gasteiger partial charge in [0, 0.05) is 23.6 Å². The SMILES string of the molecule is CC1(C)CCC(c2cc3c(c(OCc4ccccc4)c2)OCC3)N1. The van der Waals surface area contributed by atoms with Crippen LogP contribution in [0.2, 0.25) is 0 Å². The van der Waals surface area contributed by atoms with Gasteiger partial charge in [-0.2, -0.15) is 0 Å². The molecule has 24 heavy (non-hydrogen) atoms. The number of ether oxygens (including phenoxy) is 2. The Morgan fingerprint density at radius 3 is 2.79 bits per heavy atom. The van der Waals surface area contributed by atoms with E-state index in [2.05, 4.69) is 43.4 Å². The summed E-state index contributed by atoms with van der Waals surface area (Å²) in [5, 5.41) is 3.74. The third kappa shape index (κ3) is 3.13. The van der Waals surface area contributed by atoms with E-state index in [4.69, 9.17) is 9.47 Å². The zero-order valence-corrected chi connectivity index (χ0v) is 14.5. The lowest BCUT2D eigenvalue weighted by atomic mass is 10.00. The van der Waals surface area contributed by atoms with Gasteiger partial charge in [-0.15, -0.1) is 0 Å².